The Bertz CT molecular complexity index is 440. The molecular weight excluding hydrogens is 252 g/mol. The van der Waals surface area contributed by atoms with Gasteiger partial charge in [0.15, 0.2) is 0 Å². The first-order valence-corrected chi connectivity index (χ1v) is 6.90. The van der Waals surface area contributed by atoms with Crippen molar-refractivity contribution in [3.63, 3.8) is 0 Å². The fourth-order valence-electron chi connectivity index (χ4n) is 2.32. The van der Waals surface area contributed by atoms with Gasteiger partial charge in [-0.25, -0.2) is 0 Å². The van der Waals surface area contributed by atoms with Gasteiger partial charge in [0.25, 0.3) is 0 Å². The van der Waals surface area contributed by atoms with E-state index in [2.05, 4.69) is 11.4 Å². The molecule has 0 aliphatic carbocycles. The van der Waals surface area contributed by atoms with E-state index in [-0.39, 0.29) is 12.6 Å². The van der Waals surface area contributed by atoms with Crippen LogP contribution >= 0.6 is 0 Å². The third-order valence-corrected chi connectivity index (χ3v) is 3.60. The first-order valence-electron chi connectivity index (χ1n) is 6.90. The van der Waals surface area contributed by atoms with Crippen molar-refractivity contribution >= 4 is 0 Å². The summed E-state index contributed by atoms with van der Waals surface area (Å²) < 4.78 is 0. The molecule has 3 atom stereocenters. The molecule has 0 radical (unpaired) electrons. The lowest BCUT2D eigenvalue weighted by molar-refractivity contribution is 0.0494. The standard InChI is InChI=1S/C16H24N2O2/c1-12(13-7-5-4-6-8-13)18-15(10-17)16(2,3)9-14(20)11-19/h4-8,12,14-15,18-20H,9,11H2,1-3H3. The minimum Gasteiger partial charge on any atom is -0.394 e. The van der Waals surface area contributed by atoms with Crippen LogP contribution in [-0.4, -0.2) is 29.0 Å². The molecular formula is C16H24N2O2. The SMILES string of the molecule is CC(NC(C#N)C(C)(C)CC(O)CO)c1ccccc1. The molecule has 0 saturated carbocycles. The summed E-state index contributed by atoms with van der Waals surface area (Å²) in [5.74, 6) is 0. The van der Waals surface area contributed by atoms with Crippen LogP contribution in [0.15, 0.2) is 30.3 Å². The minimum atomic E-state index is -0.797. The second-order valence-electron chi connectivity index (χ2n) is 5.89. The van der Waals surface area contributed by atoms with Crippen LogP contribution in [0, 0.1) is 16.7 Å². The Hall–Kier alpha value is -1.41. The largest absolute Gasteiger partial charge is 0.394 e. The van der Waals surface area contributed by atoms with Crippen LogP contribution < -0.4 is 5.32 Å². The zero-order chi connectivity index (χ0) is 15.2. The fourth-order valence-corrected chi connectivity index (χ4v) is 2.32. The number of rotatable bonds is 7. The van der Waals surface area contributed by atoms with Crippen LogP contribution in [0.25, 0.3) is 0 Å². The highest BCUT2D eigenvalue weighted by atomic mass is 16.3. The van der Waals surface area contributed by atoms with Crippen molar-refractivity contribution in [2.45, 2.75) is 45.4 Å². The molecule has 0 aliphatic heterocycles. The van der Waals surface area contributed by atoms with Gasteiger partial charge in [-0.1, -0.05) is 44.2 Å². The van der Waals surface area contributed by atoms with Gasteiger partial charge in [0, 0.05) is 6.04 Å². The van der Waals surface area contributed by atoms with Crippen molar-refractivity contribution in [1.29, 1.82) is 5.26 Å². The van der Waals surface area contributed by atoms with E-state index in [9.17, 15) is 10.4 Å². The third-order valence-electron chi connectivity index (χ3n) is 3.60. The zero-order valence-electron chi connectivity index (χ0n) is 12.4. The van der Waals surface area contributed by atoms with E-state index in [0.29, 0.717) is 6.42 Å². The average Bonchev–Trinajstić information content (AvgIpc) is 2.44. The lowest BCUT2D eigenvalue weighted by Gasteiger charge is -2.33. The Labute approximate surface area is 121 Å². The molecule has 0 aromatic heterocycles. The highest BCUT2D eigenvalue weighted by molar-refractivity contribution is 5.19. The summed E-state index contributed by atoms with van der Waals surface area (Å²) in [4.78, 5) is 0. The van der Waals surface area contributed by atoms with Crippen LogP contribution in [0.1, 0.15) is 38.8 Å². The summed E-state index contributed by atoms with van der Waals surface area (Å²) in [6.45, 7) is 5.57. The number of hydrogen-bond donors (Lipinski definition) is 3. The summed E-state index contributed by atoms with van der Waals surface area (Å²) in [6, 6.07) is 11.8. The molecule has 0 bridgehead atoms. The molecule has 1 aromatic carbocycles. The molecule has 4 heteroatoms. The molecule has 1 aromatic rings. The van der Waals surface area contributed by atoms with Crippen LogP contribution in [0.3, 0.4) is 0 Å². The van der Waals surface area contributed by atoms with Gasteiger partial charge in [-0.15, -0.1) is 0 Å². The maximum atomic E-state index is 9.60. The van der Waals surface area contributed by atoms with Crippen LogP contribution in [0.4, 0.5) is 0 Å². The molecule has 0 amide bonds. The Morgan fingerprint density at radius 3 is 2.40 bits per heavy atom. The van der Waals surface area contributed by atoms with E-state index in [4.69, 9.17) is 5.11 Å². The maximum Gasteiger partial charge on any atom is 0.101 e. The van der Waals surface area contributed by atoms with Crippen molar-refractivity contribution in [3.05, 3.63) is 35.9 Å². The van der Waals surface area contributed by atoms with E-state index >= 15 is 0 Å². The van der Waals surface area contributed by atoms with Crippen LogP contribution in [0.5, 0.6) is 0 Å². The van der Waals surface area contributed by atoms with Crippen molar-refractivity contribution in [1.82, 2.24) is 5.32 Å². The molecule has 0 spiro atoms. The number of benzene rings is 1. The van der Waals surface area contributed by atoms with Gasteiger partial charge >= 0.3 is 0 Å². The van der Waals surface area contributed by atoms with Crippen molar-refractivity contribution in [2.24, 2.45) is 5.41 Å². The Morgan fingerprint density at radius 1 is 1.30 bits per heavy atom. The second-order valence-corrected chi connectivity index (χ2v) is 5.89. The van der Waals surface area contributed by atoms with E-state index in [0.717, 1.165) is 5.56 Å². The molecule has 3 N–H and O–H groups in total. The van der Waals surface area contributed by atoms with E-state index < -0.39 is 17.6 Å². The van der Waals surface area contributed by atoms with Gasteiger partial charge in [0.05, 0.1) is 18.8 Å². The van der Waals surface area contributed by atoms with Crippen LogP contribution in [-0.2, 0) is 0 Å². The molecule has 3 unspecified atom stereocenters. The summed E-state index contributed by atoms with van der Waals surface area (Å²) in [5, 5.41) is 31.2. The zero-order valence-corrected chi connectivity index (χ0v) is 12.4. The Kier molecular flexibility index (Phi) is 6.15. The Balaban J connectivity index is 2.74. The molecule has 1 rings (SSSR count). The topological polar surface area (TPSA) is 76.3 Å². The number of aliphatic hydroxyl groups is 2. The number of nitrogens with one attached hydrogen (secondary N) is 1. The fraction of sp³-hybridized carbons (Fsp3) is 0.562. The third kappa shape index (κ3) is 4.61. The summed E-state index contributed by atoms with van der Waals surface area (Å²) in [5.41, 5.74) is 0.686. The smallest absolute Gasteiger partial charge is 0.101 e. The number of aliphatic hydroxyl groups excluding tert-OH is 2. The van der Waals surface area contributed by atoms with Gasteiger partial charge in [0.2, 0.25) is 0 Å². The summed E-state index contributed by atoms with van der Waals surface area (Å²) >= 11 is 0. The first kappa shape index (κ1) is 16.6. The highest BCUT2D eigenvalue weighted by Crippen LogP contribution is 2.28. The lowest BCUT2D eigenvalue weighted by atomic mass is 9.79. The van der Waals surface area contributed by atoms with Gasteiger partial charge in [-0.3, -0.25) is 5.32 Å². The predicted molar refractivity (Wildman–Crippen MR) is 78.9 cm³/mol. The first-order chi connectivity index (χ1) is 9.40. The van der Waals surface area contributed by atoms with E-state index in [1.165, 1.54) is 0 Å². The molecule has 0 heterocycles. The number of hydrogen-bond acceptors (Lipinski definition) is 4. The average molecular weight is 276 g/mol. The Morgan fingerprint density at radius 2 is 1.90 bits per heavy atom. The van der Waals surface area contributed by atoms with Crippen molar-refractivity contribution in [3.8, 4) is 6.07 Å². The minimum absolute atomic E-state index is 0.0476. The van der Waals surface area contributed by atoms with Gasteiger partial charge in [0.1, 0.15) is 6.04 Å². The highest BCUT2D eigenvalue weighted by Gasteiger charge is 2.32. The van der Waals surface area contributed by atoms with E-state index in [1.54, 1.807) is 0 Å². The monoisotopic (exact) mass is 276 g/mol. The quantitative estimate of drug-likeness (QED) is 0.712. The molecule has 0 aliphatic rings. The maximum absolute atomic E-state index is 9.60. The summed E-state index contributed by atoms with van der Waals surface area (Å²) in [7, 11) is 0. The van der Waals surface area contributed by atoms with Crippen molar-refractivity contribution in [2.75, 3.05) is 6.61 Å². The van der Waals surface area contributed by atoms with Gasteiger partial charge in [-0.05, 0) is 24.3 Å². The number of nitrogens with zero attached hydrogens (tertiary/aromatic N) is 1. The van der Waals surface area contributed by atoms with E-state index in [1.807, 2.05) is 51.1 Å². The predicted octanol–water partition coefficient (Wildman–Crippen LogP) is 2.00. The number of nitriles is 1. The molecule has 110 valence electrons. The normalized spacial score (nSPS) is 16.2. The molecule has 4 nitrogen and oxygen atoms in total. The molecule has 0 fully saturated rings. The van der Waals surface area contributed by atoms with Crippen LogP contribution in [0.2, 0.25) is 0 Å². The summed E-state index contributed by atoms with van der Waals surface area (Å²) in [6.07, 6.45) is -0.425. The van der Waals surface area contributed by atoms with Gasteiger partial charge < -0.3 is 10.2 Å². The van der Waals surface area contributed by atoms with Crippen molar-refractivity contribution < 1.29 is 10.2 Å². The second kappa shape index (κ2) is 7.39. The molecule has 20 heavy (non-hydrogen) atoms. The van der Waals surface area contributed by atoms with Gasteiger partial charge in [-0.2, -0.15) is 5.26 Å². The lowest BCUT2D eigenvalue weighted by Crippen LogP contribution is -2.44. The molecule has 0 saturated heterocycles.